The van der Waals surface area contributed by atoms with Gasteiger partial charge in [-0.1, -0.05) is 18.6 Å². The summed E-state index contributed by atoms with van der Waals surface area (Å²) in [4.78, 5) is 38.9. The number of thioether (sulfide) groups is 1. The first kappa shape index (κ1) is 22.2. The number of amides is 1. The van der Waals surface area contributed by atoms with Crippen LogP contribution in [0.4, 0.5) is 5.69 Å². The molecule has 0 bridgehead atoms. The summed E-state index contributed by atoms with van der Waals surface area (Å²) in [6.07, 6.45) is 1.98. The highest BCUT2D eigenvalue weighted by molar-refractivity contribution is 7.99. The number of fused-ring (bicyclic) bond motifs is 1. The minimum Gasteiger partial charge on any atom is -0.480 e. The largest absolute Gasteiger partial charge is 0.480 e. The fourth-order valence-corrected chi connectivity index (χ4v) is 4.10. The molecule has 0 aliphatic carbocycles. The van der Waals surface area contributed by atoms with Gasteiger partial charge in [0.25, 0.3) is 0 Å². The molecule has 0 spiro atoms. The number of hydrogen-bond acceptors (Lipinski definition) is 7. The Kier molecular flexibility index (Phi) is 8.75. The zero-order valence-electron chi connectivity index (χ0n) is 15.9. The maximum absolute atomic E-state index is 13.1. The second-order valence-electron chi connectivity index (χ2n) is 6.41. The number of nitrogens with two attached hydrogens (primary N) is 1. The summed E-state index contributed by atoms with van der Waals surface area (Å²) < 4.78 is 5.14. The Morgan fingerprint density at radius 1 is 1.39 bits per heavy atom. The highest BCUT2D eigenvalue weighted by Crippen LogP contribution is 2.34. The molecule has 0 saturated carbocycles. The average Bonchev–Trinajstić information content (AvgIpc) is 2.79. The summed E-state index contributed by atoms with van der Waals surface area (Å²) in [7, 11) is 0. The standard InChI is InChI=1S/C19H27N3O5S/c1-2-27-19(26)13(7-5-6-10-20)21-14-12-28-16-9-4-3-8-15(16)22(18(14)25)11-17(23)24/h3-4,8-9,13-14,21H,2,5-7,10-12,20H2,1H3,(H,23,24)/t13-,14?/m1/s1. The van der Waals surface area contributed by atoms with E-state index in [4.69, 9.17) is 10.5 Å². The highest BCUT2D eigenvalue weighted by atomic mass is 32.2. The molecule has 154 valence electrons. The van der Waals surface area contributed by atoms with Gasteiger partial charge in [-0.3, -0.25) is 24.6 Å². The number of carbonyl (C=O) groups excluding carboxylic acids is 2. The number of para-hydroxylation sites is 1. The van der Waals surface area contributed by atoms with Gasteiger partial charge in [-0.25, -0.2) is 0 Å². The normalized spacial score (nSPS) is 17.6. The van der Waals surface area contributed by atoms with E-state index in [1.165, 1.54) is 16.7 Å². The summed E-state index contributed by atoms with van der Waals surface area (Å²) in [5, 5.41) is 12.4. The van der Waals surface area contributed by atoms with Crippen LogP contribution in [0.2, 0.25) is 0 Å². The Hall–Kier alpha value is -2.10. The minimum absolute atomic E-state index is 0.248. The number of aliphatic carboxylic acids is 1. The van der Waals surface area contributed by atoms with Crippen LogP contribution in [0.15, 0.2) is 29.2 Å². The molecule has 1 unspecified atom stereocenters. The molecule has 1 aromatic rings. The molecule has 1 aliphatic heterocycles. The van der Waals surface area contributed by atoms with E-state index >= 15 is 0 Å². The van der Waals surface area contributed by atoms with Crippen molar-refractivity contribution in [2.75, 3.05) is 30.3 Å². The summed E-state index contributed by atoms with van der Waals surface area (Å²) in [6, 6.07) is 5.85. The van der Waals surface area contributed by atoms with Gasteiger partial charge in [0.2, 0.25) is 5.91 Å². The van der Waals surface area contributed by atoms with Crippen molar-refractivity contribution < 1.29 is 24.2 Å². The number of carbonyl (C=O) groups is 3. The minimum atomic E-state index is -1.10. The molecule has 4 N–H and O–H groups in total. The van der Waals surface area contributed by atoms with Gasteiger partial charge in [0.1, 0.15) is 12.6 Å². The van der Waals surface area contributed by atoms with Gasteiger partial charge in [0, 0.05) is 10.6 Å². The number of carboxylic acids is 1. The predicted octanol–water partition coefficient (Wildman–Crippen LogP) is 1.23. The monoisotopic (exact) mass is 409 g/mol. The lowest BCUT2D eigenvalue weighted by Crippen LogP contribution is -2.54. The van der Waals surface area contributed by atoms with Crippen molar-refractivity contribution in [2.45, 2.75) is 43.2 Å². The van der Waals surface area contributed by atoms with Crippen LogP contribution in [0.1, 0.15) is 26.2 Å². The number of carboxylic acid groups (broad SMARTS) is 1. The SMILES string of the molecule is CCOC(=O)[C@@H](CCCCN)NC1CSc2ccccc2N(CC(=O)O)C1=O. The molecular weight excluding hydrogens is 382 g/mol. The molecule has 0 radical (unpaired) electrons. The van der Waals surface area contributed by atoms with Crippen molar-refractivity contribution in [3.63, 3.8) is 0 Å². The van der Waals surface area contributed by atoms with Crippen LogP contribution in [0.5, 0.6) is 0 Å². The van der Waals surface area contributed by atoms with E-state index in [0.717, 1.165) is 17.7 Å². The molecule has 1 heterocycles. The molecule has 28 heavy (non-hydrogen) atoms. The maximum Gasteiger partial charge on any atom is 0.323 e. The number of ether oxygens (including phenoxy) is 1. The number of rotatable bonds is 10. The Balaban J connectivity index is 2.22. The fourth-order valence-electron chi connectivity index (χ4n) is 3.02. The third-order valence-corrected chi connectivity index (χ3v) is 5.50. The number of unbranched alkanes of at least 4 members (excludes halogenated alkanes) is 1. The van der Waals surface area contributed by atoms with Gasteiger partial charge in [0.05, 0.1) is 18.3 Å². The molecule has 0 saturated heterocycles. The zero-order valence-corrected chi connectivity index (χ0v) is 16.7. The van der Waals surface area contributed by atoms with Gasteiger partial charge in [-0.05, 0) is 38.4 Å². The number of hydrogen-bond donors (Lipinski definition) is 3. The first-order valence-electron chi connectivity index (χ1n) is 9.35. The fraction of sp³-hybridized carbons (Fsp3) is 0.526. The summed E-state index contributed by atoms with van der Waals surface area (Å²) in [5.74, 6) is -1.49. The van der Waals surface area contributed by atoms with Crippen molar-refractivity contribution in [1.82, 2.24) is 5.32 Å². The molecule has 0 fully saturated rings. The molecule has 1 amide bonds. The topological polar surface area (TPSA) is 122 Å². The second kappa shape index (κ2) is 11.0. The quantitative estimate of drug-likeness (QED) is 0.390. The van der Waals surface area contributed by atoms with Crippen molar-refractivity contribution in [3.05, 3.63) is 24.3 Å². The number of nitrogens with one attached hydrogen (secondary N) is 1. The van der Waals surface area contributed by atoms with Crippen LogP contribution in [0, 0.1) is 0 Å². The number of anilines is 1. The molecule has 0 aromatic heterocycles. The molecule has 1 aliphatic rings. The van der Waals surface area contributed by atoms with Crippen LogP contribution in [-0.2, 0) is 19.1 Å². The van der Waals surface area contributed by atoms with Crippen molar-refractivity contribution >= 4 is 35.3 Å². The van der Waals surface area contributed by atoms with Crippen LogP contribution in [0.3, 0.4) is 0 Å². The van der Waals surface area contributed by atoms with Gasteiger partial charge in [0.15, 0.2) is 0 Å². The number of benzene rings is 1. The summed E-state index contributed by atoms with van der Waals surface area (Å²) in [5.41, 5.74) is 6.10. The number of nitrogens with zero attached hydrogens (tertiary/aromatic N) is 1. The lowest BCUT2D eigenvalue weighted by Gasteiger charge is -2.27. The highest BCUT2D eigenvalue weighted by Gasteiger charge is 2.34. The van der Waals surface area contributed by atoms with E-state index in [1.807, 2.05) is 12.1 Å². The van der Waals surface area contributed by atoms with Crippen LogP contribution in [-0.4, -0.2) is 60.5 Å². The lowest BCUT2D eigenvalue weighted by molar-refractivity contribution is -0.146. The van der Waals surface area contributed by atoms with Crippen LogP contribution < -0.4 is 16.0 Å². The Bertz CT molecular complexity index is 700. The third kappa shape index (κ3) is 5.95. The first-order valence-corrected chi connectivity index (χ1v) is 10.3. The van der Waals surface area contributed by atoms with Crippen molar-refractivity contribution in [1.29, 1.82) is 0 Å². The van der Waals surface area contributed by atoms with E-state index in [0.29, 0.717) is 24.4 Å². The predicted molar refractivity (Wildman–Crippen MR) is 107 cm³/mol. The first-order chi connectivity index (χ1) is 13.5. The van der Waals surface area contributed by atoms with Gasteiger partial charge >= 0.3 is 11.9 Å². The van der Waals surface area contributed by atoms with Gasteiger partial charge in [-0.2, -0.15) is 0 Å². The maximum atomic E-state index is 13.1. The lowest BCUT2D eigenvalue weighted by atomic mass is 10.1. The van der Waals surface area contributed by atoms with E-state index in [1.54, 1.807) is 19.1 Å². The molecule has 2 atom stereocenters. The summed E-state index contributed by atoms with van der Waals surface area (Å²) >= 11 is 1.46. The third-order valence-electron chi connectivity index (χ3n) is 4.34. The molecule has 1 aromatic carbocycles. The Morgan fingerprint density at radius 3 is 2.82 bits per heavy atom. The summed E-state index contributed by atoms with van der Waals surface area (Å²) in [6.45, 7) is 2.06. The van der Waals surface area contributed by atoms with E-state index in [9.17, 15) is 19.5 Å². The van der Waals surface area contributed by atoms with E-state index in [-0.39, 0.29) is 12.5 Å². The molecule has 2 rings (SSSR count). The van der Waals surface area contributed by atoms with Crippen molar-refractivity contribution in [3.8, 4) is 0 Å². The Morgan fingerprint density at radius 2 is 2.14 bits per heavy atom. The molecular formula is C19H27N3O5S. The van der Waals surface area contributed by atoms with Gasteiger partial charge in [-0.15, -0.1) is 11.8 Å². The zero-order chi connectivity index (χ0) is 20.5. The molecule has 9 heteroatoms. The van der Waals surface area contributed by atoms with Crippen LogP contribution >= 0.6 is 11.8 Å². The Labute approximate surface area is 168 Å². The molecule has 8 nitrogen and oxygen atoms in total. The smallest absolute Gasteiger partial charge is 0.323 e. The average molecular weight is 410 g/mol. The van der Waals surface area contributed by atoms with Gasteiger partial charge < -0.3 is 15.6 Å². The van der Waals surface area contributed by atoms with Crippen molar-refractivity contribution in [2.24, 2.45) is 5.73 Å². The van der Waals surface area contributed by atoms with E-state index < -0.39 is 30.6 Å². The van der Waals surface area contributed by atoms with E-state index in [2.05, 4.69) is 5.32 Å². The number of esters is 1. The second-order valence-corrected chi connectivity index (χ2v) is 7.47. The van der Waals surface area contributed by atoms with Crippen LogP contribution in [0.25, 0.3) is 0 Å².